The highest BCUT2D eigenvalue weighted by Crippen LogP contribution is 2.50. The summed E-state index contributed by atoms with van der Waals surface area (Å²) in [6.07, 6.45) is 3.91. The monoisotopic (exact) mass is 1790 g/mol. The van der Waals surface area contributed by atoms with Crippen LogP contribution in [0.15, 0.2) is 472 Å². The number of nitrogens with zero attached hydrogens (tertiary/aromatic N) is 6. The summed E-state index contributed by atoms with van der Waals surface area (Å²) in [6, 6.07) is 163. The van der Waals surface area contributed by atoms with Crippen LogP contribution in [-0.4, -0.2) is 43.7 Å². The van der Waals surface area contributed by atoms with E-state index in [1.807, 2.05) is 93.8 Å². The van der Waals surface area contributed by atoms with Gasteiger partial charge in [0.05, 0.1) is 22.2 Å². The van der Waals surface area contributed by atoms with Crippen molar-refractivity contribution in [2.45, 2.75) is 52.1 Å². The molecule has 4 aromatic heterocycles. The van der Waals surface area contributed by atoms with Crippen molar-refractivity contribution in [1.82, 2.24) is 29.7 Å². The lowest BCUT2D eigenvalue weighted by Crippen LogP contribution is -2.10. The van der Waals surface area contributed by atoms with Crippen LogP contribution in [0, 0.1) is 0 Å². The first-order valence-corrected chi connectivity index (χ1v) is 48.0. The third kappa shape index (κ3) is 17.6. The Morgan fingerprint density at radius 2 is 0.587 bits per heavy atom. The maximum atomic E-state index is 7.07. The van der Waals surface area contributed by atoms with Crippen LogP contribution in [0.4, 0.5) is 0 Å². The number of para-hydroxylation sites is 4. The predicted octanol–water partition coefficient (Wildman–Crippen LogP) is 35.1. The Balaban J connectivity index is 0.000000122. The summed E-state index contributed by atoms with van der Waals surface area (Å²) in [5.74, 6) is 2.00. The van der Waals surface area contributed by atoms with Crippen molar-refractivity contribution in [2.75, 3.05) is 0 Å². The van der Waals surface area contributed by atoms with E-state index in [0.717, 1.165) is 83.6 Å². The van der Waals surface area contributed by atoms with Gasteiger partial charge >= 0.3 is 0 Å². The van der Waals surface area contributed by atoms with E-state index < -0.39 is 8.40 Å². The van der Waals surface area contributed by atoms with Crippen LogP contribution in [-0.2, 0) is 5.41 Å². The second-order valence-electron chi connectivity index (χ2n) is 37.4. The average Bonchev–Trinajstić information content (AvgIpc) is 1.35. The van der Waals surface area contributed by atoms with Crippen molar-refractivity contribution in [2.24, 2.45) is 0 Å². The molecule has 0 spiro atoms. The molecule has 0 saturated carbocycles. The highest BCUT2D eigenvalue weighted by molar-refractivity contribution is 7.67. The van der Waals surface area contributed by atoms with Gasteiger partial charge < -0.3 is 4.42 Å². The molecule has 1 unspecified atom stereocenters. The van der Waals surface area contributed by atoms with Crippen molar-refractivity contribution in [3.8, 4) is 129 Å². The topological polar surface area (TPSA) is 82.5 Å². The van der Waals surface area contributed by atoms with Gasteiger partial charge in [-0.3, -0.25) is 14.5 Å². The third-order valence-corrected chi connectivity index (χ3v) is 27.1. The zero-order valence-electron chi connectivity index (χ0n) is 78.6. The number of hydrogen-bond acceptors (Lipinski definition) is 6. The molecule has 0 amide bonds. The minimum Gasteiger partial charge on any atom is -0.416 e. The maximum absolute atomic E-state index is 7.07. The summed E-state index contributed by atoms with van der Waals surface area (Å²) in [5, 5.41) is 29.4. The lowest BCUT2D eigenvalue weighted by molar-refractivity contribution is 0.582. The summed E-state index contributed by atoms with van der Waals surface area (Å²) in [7, 11) is 4.31. The van der Waals surface area contributed by atoms with Gasteiger partial charge in [0.25, 0.3) is 0 Å². The molecule has 0 aliphatic rings. The molecule has 9 heteroatoms. The molecule has 656 valence electrons. The molecule has 0 aliphatic heterocycles. The standard InChI is InChI=1S/C53H34N2.C48H30N2.C24H22N2O.C4H10BP/c1-2-16-44(17-3-1)55-50-21-11-10-20-49(50)54-53(55)38-26-22-37(23-27-38)41-30-31-47-48(34-41)52(43-29-25-36-13-5-7-15-40(36)33-43)46-19-9-8-18-45(46)51(47)42-28-24-35-12-4-6-14-39(35)32-42;1-3-11-33-25-37(19-17-31(33)9-1)47-41-14-6-7-15-42(41)48(38-20-18-32-10-2-4-12-34(32)26-38)44-28-35(21-23-43(44)47)39-22-24-46(49-29-39)40-27-36-13-5-8-16-45(36)50-30-40;1-24(2,3)21-15-13-20(14-16-21)23-26-25-22(27-23)19-11-9-18(10-12-19)17-7-5-4-6-8-17;1-4(2,3)6-5/h1-34H;1-30H;4-16H,1-3H3;6H,1-3H3/i;;;6D. The van der Waals surface area contributed by atoms with Crippen molar-refractivity contribution < 1.29 is 4.42 Å². The largest absolute Gasteiger partial charge is 0.416 e. The molecule has 138 heavy (non-hydrogen) atoms. The third-order valence-electron chi connectivity index (χ3n) is 26.3. The van der Waals surface area contributed by atoms with Crippen LogP contribution in [0.2, 0.25) is 0 Å². The van der Waals surface area contributed by atoms with Gasteiger partial charge in [0.2, 0.25) is 11.8 Å². The fraction of sp³-hybridized carbons (Fsp3) is 0.0620. The number of fused-ring (bicyclic) bond motifs is 10. The van der Waals surface area contributed by atoms with Crippen LogP contribution < -0.4 is 0 Å². The summed E-state index contributed by atoms with van der Waals surface area (Å²) in [6.45, 7) is 12.5. The second-order valence-corrected chi connectivity index (χ2v) is 39.0. The number of rotatable bonds is 12. The molecular formula is C129H96BN6OP. The highest BCUT2D eigenvalue weighted by atomic mass is 31.1. The van der Waals surface area contributed by atoms with E-state index in [9.17, 15) is 0 Å². The molecule has 0 fully saturated rings. The minimum absolute atomic E-state index is 0.00926. The summed E-state index contributed by atoms with van der Waals surface area (Å²) in [5.41, 5.74) is 27.2. The molecule has 2 radical (unpaired) electrons. The number of imidazole rings is 1. The van der Waals surface area contributed by atoms with E-state index in [1.54, 1.807) is 0 Å². The van der Waals surface area contributed by atoms with Crippen molar-refractivity contribution in [3.05, 3.63) is 473 Å². The lowest BCUT2D eigenvalue weighted by Gasteiger charge is -2.19. The van der Waals surface area contributed by atoms with Gasteiger partial charge in [0.15, 0.2) is 0 Å². The molecule has 1 atom stereocenters. The zero-order valence-corrected chi connectivity index (χ0v) is 78.5. The quantitative estimate of drug-likeness (QED) is 0.0689. The highest BCUT2D eigenvalue weighted by Gasteiger charge is 2.24. The van der Waals surface area contributed by atoms with Gasteiger partial charge in [-0.15, -0.1) is 10.2 Å². The Morgan fingerprint density at radius 1 is 0.261 bits per heavy atom. The predicted molar refractivity (Wildman–Crippen MR) is 587 cm³/mol. The van der Waals surface area contributed by atoms with Crippen molar-refractivity contribution >= 4 is 124 Å². The van der Waals surface area contributed by atoms with Gasteiger partial charge in [0.1, 0.15) is 13.4 Å². The maximum Gasteiger partial charge on any atom is 0.248 e. The fourth-order valence-electron chi connectivity index (χ4n) is 19.2. The van der Waals surface area contributed by atoms with Gasteiger partial charge in [-0.05, 0) is 278 Å². The molecule has 0 aliphatic carbocycles. The van der Waals surface area contributed by atoms with E-state index in [0.29, 0.717) is 11.8 Å². The molecule has 0 saturated heterocycles. The Labute approximate surface area is 808 Å². The van der Waals surface area contributed by atoms with Crippen LogP contribution in [0.3, 0.4) is 0 Å². The SMILES string of the molecule is CC(C)(C)c1ccc(-c2nnc(-c3ccc(-c4ccccc4)cc3)o2)cc1.[2H]P([B])C(C)(C)C.c1ccc(-n2c(-c3ccc(-c4ccc5c(-c6ccc7ccccc7c6)c6ccccc6c(-c6ccc7ccccc7c6)c5c4)cc3)nc3ccccc32)cc1.c1ccc2cc(-c3c4ccccc4c(-c4ccc5ccccc5c4)c4cc(-c5ccc(-c6cnc7ccccc7c6)nc5)ccc34)ccc2c1. The Morgan fingerprint density at radius 3 is 1.04 bits per heavy atom. The number of hydrogen-bond donors (Lipinski definition) is 0. The summed E-state index contributed by atoms with van der Waals surface area (Å²) < 4.78 is 15.2. The number of pyridine rings is 2. The molecule has 25 rings (SSSR count). The Kier molecular flexibility index (Phi) is 23.1. The zero-order chi connectivity index (χ0) is 94.2. The summed E-state index contributed by atoms with van der Waals surface area (Å²) in [4.78, 5) is 14.7. The van der Waals surface area contributed by atoms with Crippen LogP contribution in [0.5, 0.6) is 0 Å². The Bertz CT molecular complexity index is 8920. The van der Waals surface area contributed by atoms with Crippen molar-refractivity contribution in [1.29, 1.82) is 1.28 Å². The number of benzene rings is 21. The molecule has 25 aromatic rings. The van der Waals surface area contributed by atoms with Gasteiger partial charge in [-0.1, -0.05) is 393 Å². The molecule has 0 bridgehead atoms. The average molecular weight is 1790 g/mol. The van der Waals surface area contributed by atoms with Gasteiger partial charge in [-0.25, -0.2) is 4.98 Å². The van der Waals surface area contributed by atoms with E-state index in [1.165, 1.54) is 147 Å². The van der Waals surface area contributed by atoms with E-state index in [4.69, 9.17) is 23.2 Å². The van der Waals surface area contributed by atoms with Crippen LogP contribution in [0.25, 0.3) is 237 Å². The second kappa shape index (κ2) is 37.3. The Hall–Kier alpha value is -16.6. The number of aromatic nitrogens is 6. The minimum atomic E-state index is -0.992. The van der Waals surface area contributed by atoms with Crippen LogP contribution in [0.1, 0.15) is 47.1 Å². The summed E-state index contributed by atoms with van der Waals surface area (Å²) >= 11 is 0. The first kappa shape index (κ1) is 85.5. The fourth-order valence-corrected chi connectivity index (χ4v) is 19.2. The first-order chi connectivity index (χ1) is 68.0. The first-order valence-electron chi connectivity index (χ1n) is 47.5. The van der Waals surface area contributed by atoms with Gasteiger partial charge in [0, 0.05) is 52.6 Å². The van der Waals surface area contributed by atoms with Crippen molar-refractivity contribution in [3.63, 3.8) is 0 Å². The molecule has 7 nitrogen and oxygen atoms in total. The van der Waals surface area contributed by atoms with Crippen LogP contribution >= 0.6 is 8.40 Å². The van der Waals surface area contributed by atoms with E-state index in [2.05, 4.69) is 435 Å². The lowest BCUT2D eigenvalue weighted by atomic mass is 9.84. The molecular weight excluding hydrogens is 1690 g/mol. The smallest absolute Gasteiger partial charge is 0.248 e. The van der Waals surface area contributed by atoms with E-state index in [-0.39, 0.29) is 10.6 Å². The normalized spacial score (nSPS) is 11.9. The molecule has 21 aromatic carbocycles. The van der Waals surface area contributed by atoms with Gasteiger partial charge in [-0.2, -0.15) is 8.40 Å². The molecule has 4 heterocycles. The molecule has 0 N–H and O–H groups in total. The van der Waals surface area contributed by atoms with E-state index >= 15 is 0 Å².